The van der Waals surface area contributed by atoms with Crippen molar-refractivity contribution >= 4 is 70.3 Å². The second-order valence-corrected chi connectivity index (χ2v) is 16.4. The molecular weight excluding hydrogens is 1030 g/mol. The fourth-order valence-electron chi connectivity index (χ4n) is 5.76. The van der Waals surface area contributed by atoms with Gasteiger partial charge in [0.05, 0.1) is 9.85 Å². The first-order chi connectivity index (χ1) is 35.5. The number of aliphatic carboxylic acids is 5. The fraction of sp³-hybridized carbons (Fsp3) is 0.340. The Morgan fingerprint density at radius 3 is 1.37 bits per heavy atom. The molecule has 0 aliphatic heterocycles. The van der Waals surface area contributed by atoms with Crippen LogP contribution in [0.1, 0.15) is 46.2 Å². The van der Waals surface area contributed by atoms with E-state index in [2.05, 4.69) is 10.3 Å². The minimum atomic E-state index is -1.23. The number of nitrogens with two attached hydrogens (primary N) is 6. The number of anilines is 1. The fourth-order valence-corrected chi connectivity index (χ4v) is 5.83. The van der Waals surface area contributed by atoms with Gasteiger partial charge in [0.15, 0.2) is 5.84 Å². The molecule has 414 valence electrons. The van der Waals surface area contributed by atoms with Crippen molar-refractivity contribution in [3.05, 3.63) is 155 Å². The summed E-state index contributed by atoms with van der Waals surface area (Å²) in [5.74, 6) is -6.40. The van der Waals surface area contributed by atoms with Crippen LogP contribution < -0.4 is 39.7 Å². The molecule has 1 amide bonds. The number of hydrogen-bond acceptors (Lipinski definition) is 18. The van der Waals surface area contributed by atoms with Crippen molar-refractivity contribution in [2.75, 3.05) is 24.7 Å². The van der Waals surface area contributed by atoms with Crippen LogP contribution in [0.4, 0.5) is 17.1 Å². The number of nitrogens with one attached hydrogen (secondary N) is 1. The molecule has 29 heteroatoms. The molecule has 5 atom stereocenters. The molecule has 0 saturated carbocycles. The average molecular weight is 1090 g/mol. The maximum absolute atomic E-state index is 11.1. The van der Waals surface area contributed by atoms with Crippen LogP contribution in [0.5, 0.6) is 0 Å². The Morgan fingerprint density at radius 1 is 0.592 bits per heavy atom. The first-order valence-corrected chi connectivity index (χ1v) is 22.8. The van der Waals surface area contributed by atoms with Gasteiger partial charge in [0, 0.05) is 46.8 Å². The van der Waals surface area contributed by atoms with Gasteiger partial charge in [0.2, 0.25) is 5.91 Å². The molecule has 0 aliphatic carbocycles. The predicted molar refractivity (Wildman–Crippen MR) is 278 cm³/mol. The zero-order valence-electron chi connectivity index (χ0n) is 41.2. The van der Waals surface area contributed by atoms with Crippen molar-refractivity contribution in [3.63, 3.8) is 0 Å². The van der Waals surface area contributed by atoms with Gasteiger partial charge in [0.25, 0.3) is 17.9 Å². The molecule has 0 spiro atoms. The average Bonchev–Trinajstić information content (AvgIpc) is 3.34. The van der Waals surface area contributed by atoms with Crippen molar-refractivity contribution in [1.82, 2.24) is 5.32 Å². The third kappa shape index (κ3) is 29.1. The number of alkyl halides is 1. The quantitative estimate of drug-likeness (QED) is 0.00958. The second kappa shape index (κ2) is 35.5. The van der Waals surface area contributed by atoms with E-state index in [0.29, 0.717) is 47.2 Å². The summed E-state index contributed by atoms with van der Waals surface area (Å²) in [7, 11) is 0. The van der Waals surface area contributed by atoms with Gasteiger partial charge in [-0.1, -0.05) is 66.7 Å². The van der Waals surface area contributed by atoms with Crippen LogP contribution in [0.25, 0.3) is 0 Å². The highest BCUT2D eigenvalue weighted by Crippen LogP contribution is 2.21. The van der Waals surface area contributed by atoms with E-state index in [9.17, 15) is 59.1 Å². The monoisotopic (exact) mass is 1090 g/mol. The van der Waals surface area contributed by atoms with Crippen LogP contribution in [0.15, 0.2) is 96.0 Å². The van der Waals surface area contributed by atoms with Crippen LogP contribution in [0, 0.1) is 44.2 Å². The Balaban J connectivity index is 0.000000935. The summed E-state index contributed by atoms with van der Waals surface area (Å²) in [5.41, 5.74) is 36.4. The van der Waals surface area contributed by atoms with Gasteiger partial charge in [0.1, 0.15) is 36.1 Å². The van der Waals surface area contributed by atoms with E-state index >= 15 is 0 Å². The Kier molecular flexibility index (Phi) is 31.4. The first-order valence-electron chi connectivity index (χ1n) is 22.3. The van der Waals surface area contributed by atoms with Crippen molar-refractivity contribution < 1.29 is 69.1 Å². The molecule has 0 heterocycles. The van der Waals surface area contributed by atoms with Crippen LogP contribution >= 0.6 is 11.6 Å². The standard InChI is InChI=1S/C12H13ClN2O5.C10H12N2O4.C9H12N2O2.C9H11NO2.C7H14N4O4/c1-7-2-3-8(5-10(7)15(19)20)4-9(12(17)18)14-11(16)6-13;1-6-2-3-7(4-8(11)10(13)14)5-9(6)12(15)16;10-7-3-1-6(2-4-7)5-8(11)9(12)13;10-8(9(11)12)6-7-4-2-1-3-5-7;8-5(7(12)13)2-1-3-10-6(9)4-11(14)15/h2-3,5,9H,4,6H2,1H3,(H,14,16)(H,17,18);2-3,5,8H,4,11H2,1H3,(H,13,14);1-4,8H,5,10-11H2,(H,12,13);1-5,8H,6,10H2,(H,11,12);5H,1-4,8H2,(H2,9,10)(H,12,13)/t9-;3*8-;5-/m10000/s1. The van der Waals surface area contributed by atoms with Crippen LogP contribution in [0.3, 0.4) is 0 Å². The van der Waals surface area contributed by atoms with Gasteiger partial charge in [-0.2, -0.15) is 0 Å². The second-order valence-electron chi connectivity index (χ2n) is 16.2. The Labute approximate surface area is 439 Å². The molecular formula is C47H62ClN11O17. The predicted octanol–water partition coefficient (Wildman–Crippen LogP) is 1.79. The summed E-state index contributed by atoms with van der Waals surface area (Å²) in [6, 6.07) is 20.6. The van der Waals surface area contributed by atoms with E-state index in [0.717, 1.165) is 11.1 Å². The SMILES string of the molecule is Cc1ccc(C[C@@H](NC(=O)CCl)C(=O)O)cc1[N+](=O)[O-].Cc1ccc(C[C@H](N)C(=O)O)cc1[N+](=O)[O-].NC(C[N+](=O)[O-])=NCCC[C@H](N)C(=O)O.N[C@@H](Cc1ccccc1)C(=O)O.Nc1ccc(C[C@H](N)C(=O)O)cc1. The van der Waals surface area contributed by atoms with Crippen molar-refractivity contribution in [2.45, 2.75) is 82.6 Å². The number of carbonyl (C=O) groups excluding carboxylic acids is 1. The van der Waals surface area contributed by atoms with Gasteiger partial charge in [-0.3, -0.25) is 59.3 Å². The number of amidine groups is 1. The number of amides is 1. The topological polar surface area (TPSA) is 514 Å². The largest absolute Gasteiger partial charge is 0.480 e. The molecule has 0 aliphatic rings. The van der Waals surface area contributed by atoms with Gasteiger partial charge < -0.3 is 65.3 Å². The van der Waals surface area contributed by atoms with Gasteiger partial charge in [-0.25, -0.2) is 4.79 Å². The maximum atomic E-state index is 11.1. The van der Waals surface area contributed by atoms with Crippen molar-refractivity contribution in [3.8, 4) is 0 Å². The number of aliphatic imine (C=N–C) groups is 1. The third-order valence-electron chi connectivity index (χ3n) is 9.87. The van der Waals surface area contributed by atoms with E-state index in [1.165, 1.54) is 18.2 Å². The number of halogens is 1. The minimum absolute atomic E-state index is 0.0184. The molecule has 4 aromatic carbocycles. The zero-order valence-corrected chi connectivity index (χ0v) is 41.9. The van der Waals surface area contributed by atoms with Crippen LogP contribution in [-0.2, 0) is 54.5 Å². The highest BCUT2D eigenvalue weighted by molar-refractivity contribution is 6.27. The van der Waals surface area contributed by atoms with Crippen LogP contribution in [-0.4, -0.2) is 131 Å². The number of carboxylic acids is 5. The molecule has 0 saturated heterocycles. The third-order valence-corrected chi connectivity index (χ3v) is 10.1. The molecule has 4 aromatic rings. The lowest BCUT2D eigenvalue weighted by Gasteiger charge is -2.13. The van der Waals surface area contributed by atoms with Crippen molar-refractivity contribution in [1.29, 1.82) is 0 Å². The summed E-state index contributed by atoms with van der Waals surface area (Å²) < 4.78 is 0. The van der Waals surface area contributed by atoms with Gasteiger partial charge >= 0.3 is 29.8 Å². The summed E-state index contributed by atoms with van der Waals surface area (Å²) >= 11 is 5.30. The van der Waals surface area contributed by atoms with E-state index in [-0.39, 0.29) is 48.9 Å². The minimum Gasteiger partial charge on any atom is -0.480 e. The summed E-state index contributed by atoms with van der Waals surface area (Å²) in [4.78, 5) is 97.4. The van der Waals surface area contributed by atoms with Crippen molar-refractivity contribution in [2.24, 2.45) is 33.7 Å². The molecule has 0 bridgehead atoms. The Bertz CT molecular complexity index is 2610. The number of aryl methyl sites for hydroxylation is 2. The molecule has 0 unspecified atom stereocenters. The Hall–Kier alpha value is -8.70. The number of benzene rings is 4. The first kappa shape index (κ1) is 67.3. The van der Waals surface area contributed by atoms with Crippen LogP contribution in [0.2, 0.25) is 0 Å². The molecule has 4 rings (SSSR count). The lowest BCUT2D eigenvalue weighted by molar-refractivity contribution is -0.463. The van der Waals surface area contributed by atoms with Gasteiger partial charge in [-0.15, -0.1) is 11.6 Å². The Morgan fingerprint density at radius 2 is 0.987 bits per heavy atom. The van der Waals surface area contributed by atoms with E-state index in [1.54, 1.807) is 56.3 Å². The lowest BCUT2D eigenvalue weighted by Crippen LogP contribution is -2.42. The number of nitrogens with zero attached hydrogens (tertiary/aromatic N) is 4. The lowest BCUT2D eigenvalue weighted by atomic mass is 10.0. The van der Waals surface area contributed by atoms with E-state index < -0.39 is 87.3 Å². The molecule has 0 aromatic heterocycles. The normalized spacial score (nSPS) is 12.4. The summed E-state index contributed by atoms with van der Waals surface area (Å²) in [6.07, 6.45) is 1.44. The smallest absolute Gasteiger partial charge is 0.326 e. The number of rotatable bonds is 23. The number of nitro groups is 3. The number of nitro benzene ring substituents is 2. The number of carboxylic acid groups (broad SMARTS) is 5. The molecule has 0 radical (unpaired) electrons. The maximum Gasteiger partial charge on any atom is 0.326 e. The number of carbonyl (C=O) groups is 6. The number of hydrogen-bond donors (Lipinski definition) is 12. The highest BCUT2D eigenvalue weighted by Gasteiger charge is 2.22. The van der Waals surface area contributed by atoms with E-state index in [1.807, 2.05) is 30.3 Å². The highest BCUT2D eigenvalue weighted by atomic mass is 35.5. The van der Waals surface area contributed by atoms with Gasteiger partial charge in [-0.05, 0) is 80.3 Å². The summed E-state index contributed by atoms with van der Waals surface area (Å²) in [6.45, 7) is 2.97. The van der Waals surface area contributed by atoms with E-state index in [4.69, 9.17) is 71.5 Å². The number of nitrogen functional groups attached to an aromatic ring is 1. The molecule has 76 heavy (non-hydrogen) atoms. The molecule has 18 N–H and O–H groups in total. The molecule has 0 fully saturated rings. The summed E-state index contributed by atoms with van der Waals surface area (Å²) in [5, 5.41) is 76.8. The zero-order chi connectivity index (χ0) is 58.2. The molecule has 28 nitrogen and oxygen atoms in total.